The van der Waals surface area contributed by atoms with Crippen molar-refractivity contribution in [1.29, 1.82) is 0 Å². The average molecular weight is 419 g/mol. The van der Waals surface area contributed by atoms with Crippen LogP contribution in [0.15, 0.2) is 30.6 Å². The molecule has 1 saturated heterocycles. The Balaban J connectivity index is 1.66. The van der Waals surface area contributed by atoms with Crippen LogP contribution in [0.1, 0.15) is 35.7 Å². The summed E-state index contributed by atoms with van der Waals surface area (Å²) in [4.78, 5) is 24.1. The van der Waals surface area contributed by atoms with E-state index in [1.54, 1.807) is 26.6 Å². The van der Waals surface area contributed by atoms with Gasteiger partial charge in [-0.05, 0) is 47.7 Å². The second kappa shape index (κ2) is 7.72. The maximum absolute atomic E-state index is 12.6. The van der Waals surface area contributed by atoms with E-state index in [0.29, 0.717) is 23.0 Å². The standard InChI is InChI=1S/C24H25N3O4/c1-14-5-4-6-27(12-14)24-25-10-17(11-26-24)21-18-9-20(30-3)19(29-2)8-15(18)7-16-13-31-23(28)22(16)21/h7-11,14H,4-6,12-13H2,1-3H3. The van der Waals surface area contributed by atoms with E-state index >= 15 is 0 Å². The number of cyclic esters (lactones) is 1. The van der Waals surface area contributed by atoms with Gasteiger partial charge < -0.3 is 19.1 Å². The van der Waals surface area contributed by atoms with Crippen LogP contribution in [0.3, 0.4) is 0 Å². The lowest BCUT2D eigenvalue weighted by Gasteiger charge is -2.30. The number of nitrogens with zero attached hydrogens (tertiary/aromatic N) is 3. The van der Waals surface area contributed by atoms with Crippen molar-refractivity contribution >= 4 is 22.7 Å². The number of carbonyl (C=O) groups excluding carboxylic acids is 1. The van der Waals surface area contributed by atoms with Crippen molar-refractivity contribution in [3.63, 3.8) is 0 Å². The van der Waals surface area contributed by atoms with E-state index in [-0.39, 0.29) is 12.6 Å². The topological polar surface area (TPSA) is 73.8 Å². The van der Waals surface area contributed by atoms with Crippen LogP contribution in [0, 0.1) is 5.92 Å². The Hall–Kier alpha value is -3.35. The molecule has 1 unspecified atom stereocenters. The zero-order valence-electron chi connectivity index (χ0n) is 18.0. The van der Waals surface area contributed by atoms with Gasteiger partial charge in [0.1, 0.15) is 6.61 Å². The number of benzene rings is 2. The minimum Gasteiger partial charge on any atom is -0.493 e. The molecule has 7 nitrogen and oxygen atoms in total. The first-order valence-corrected chi connectivity index (χ1v) is 10.5. The van der Waals surface area contributed by atoms with Crippen molar-refractivity contribution in [2.45, 2.75) is 26.4 Å². The maximum atomic E-state index is 12.6. The Kier molecular flexibility index (Phi) is 4.88. The van der Waals surface area contributed by atoms with E-state index in [2.05, 4.69) is 21.8 Å². The SMILES string of the molecule is COc1cc2cc3c(c(-c4cnc(N5CCCC(C)C5)nc4)c2cc1OC)C(=O)OC3. The lowest BCUT2D eigenvalue weighted by Crippen LogP contribution is -2.35. The largest absolute Gasteiger partial charge is 0.493 e. The van der Waals surface area contributed by atoms with Gasteiger partial charge in [0.2, 0.25) is 5.95 Å². The number of hydrogen-bond acceptors (Lipinski definition) is 7. The molecule has 0 saturated carbocycles. The first-order chi connectivity index (χ1) is 15.1. The van der Waals surface area contributed by atoms with Gasteiger partial charge in [0.25, 0.3) is 0 Å². The minimum atomic E-state index is -0.324. The lowest BCUT2D eigenvalue weighted by atomic mass is 9.91. The molecule has 2 aliphatic rings. The summed E-state index contributed by atoms with van der Waals surface area (Å²) in [7, 11) is 3.21. The molecular weight excluding hydrogens is 394 g/mol. The van der Waals surface area contributed by atoms with E-state index in [0.717, 1.165) is 52.9 Å². The zero-order valence-corrected chi connectivity index (χ0v) is 18.0. The number of hydrogen-bond donors (Lipinski definition) is 0. The number of aromatic nitrogens is 2. The van der Waals surface area contributed by atoms with Crippen LogP contribution in [-0.4, -0.2) is 43.2 Å². The maximum Gasteiger partial charge on any atom is 0.339 e. The van der Waals surface area contributed by atoms with Gasteiger partial charge in [0, 0.05) is 42.2 Å². The third-order valence-electron chi connectivity index (χ3n) is 6.16. The Morgan fingerprint density at radius 2 is 1.81 bits per heavy atom. The number of methoxy groups -OCH3 is 2. The number of anilines is 1. The molecule has 0 amide bonds. The summed E-state index contributed by atoms with van der Waals surface area (Å²) in [6.45, 7) is 4.45. The molecule has 1 fully saturated rings. The fraction of sp³-hybridized carbons (Fsp3) is 0.375. The first kappa shape index (κ1) is 19.6. The van der Waals surface area contributed by atoms with Crippen LogP contribution in [-0.2, 0) is 11.3 Å². The Morgan fingerprint density at radius 3 is 2.52 bits per heavy atom. The van der Waals surface area contributed by atoms with Gasteiger partial charge in [0.15, 0.2) is 11.5 Å². The second-order valence-corrected chi connectivity index (χ2v) is 8.26. The third-order valence-corrected chi connectivity index (χ3v) is 6.16. The molecule has 0 N–H and O–H groups in total. The van der Waals surface area contributed by atoms with Crippen molar-refractivity contribution in [2.75, 3.05) is 32.2 Å². The first-order valence-electron chi connectivity index (χ1n) is 10.5. The van der Waals surface area contributed by atoms with Crippen LogP contribution >= 0.6 is 0 Å². The zero-order chi connectivity index (χ0) is 21.5. The molecule has 0 aliphatic carbocycles. The van der Waals surface area contributed by atoms with Crippen molar-refractivity contribution in [3.05, 3.63) is 41.7 Å². The monoisotopic (exact) mass is 419 g/mol. The van der Waals surface area contributed by atoms with Gasteiger partial charge in [-0.15, -0.1) is 0 Å². The molecular formula is C24H25N3O4. The normalized spacial score (nSPS) is 18.1. The summed E-state index contributed by atoms with van der Waals surface area (Å²) in [6, 6.07) is 5.80. The molecule has 2 aromatic carbocycles. The second-order valence-electron chi connectivity index (χ2n) is 8.26. The molecule has 31 heavy (non-hydrogen) atoms. The van der Waals surface area contributed by atoms with E-state index in [1.807, 2.05) is 18.2 Å². The molecule has 5 rings (SSSR count). The molecule has 2 aliphatic heterocycles. The highest BCUT2D eigenvalue weighted by Gasteiger charge is 2.29. The molecule has 160 valence electrons. The molecule has 0 bridgehead atoms. The van der Waals surface area contributed by atoms with Crippen LogP contribution in [0.25, 0.3) is 21.9 Å². The minimum absolute atomic E-state index is 0.260. The summed E-state index contributed by atoms with van der Waals surface area (Å²) in [5.74, 6) is 2.28. The van der Waals surface area contributed by atoms with Crippen molar-refractivity contribution in [2.24, 2.45) is 5.92 Å². The molecule has 7 heteroatoms. The Morgan fingerprint density at radius 1 is 1.06 bits per heavy atom. The van der Waals surface area contributed by atoms with E-state index < -0.39 is 0 Å². The summed E-state index contributed by atoms with van der Waals surface area (Å²) in [6.07, 6.45) is 6.00. The number of fused-ring (bicyclic) bond motifs is 2. The summed E-state index contributed by atoms with van der Waals surface area (Å²) in [5.41, 5.74) is 2.98. The van der Waals surface area contributed by atoms with Crippen molar-refractivity contribution in [1.82, 2.24) is 9.97 Å². The molecule has 0 spiro atoms. The van der Waals surface area contributed by atoms with E-state index in [1.165, 1.54) is 6.42 Å². The highest BCUT2D eigenvalue weighted by Crippen LogP contribution is 2.42. The van der Waals surface area contributed by atoms with Gasteiger partial charge in [0.05, 0.1) is 19.8 Å². The quantitative estimate of drug-likeness (QED) is 0.586. The van der Waals surface area contributed by atoms with Gasteiger partial charge in [-0.2, -0.15) is 0 Å². The molecule has 3 aromatic rings. The van der Waals surface area contributed by atoms with E-state index in [9.17, 15) is 4.79 Å². The molecule has 1 atom stereocenters. The third kappa shape index (κ3) is 3.34. The molecule has 1 aromatic heterocycles. The number of esters is 1. The number of ether oxygens (including phenoxy) is 3. The van der Waals surface area contributed by atoms with Crippen LogP contribution < -0.4 is 14.4 Å². The van der Waals surface area contributed by atoms with Crippen molar-refractivity contribution < 1.29 is 19.0 Å². The summed E-state index contributed by atoms with van der Waals surface area (Å²) >= 11 is 0. The lowest BCUT2D eigenvalue weighted by molar-refractivity contribution is 0.0535. The average Bonchev–Trinajstić information content (AvgIpc) is 3.16. The fourth-order valence-electron chi connectivity index (χ4n) is 4.63. The predicted octanol–water partition coefficient (Wildman–Crippen LogP) is 4.22. The van der Waals surface area contributed by atoms with Gasteiger partial charge in [-0.3, -0.25) is 0 Å². The number of piperidine rings is 1. The highest BCUT2D eigenvalue weighted by atomic mass is 16.5. The molecule has 3 heterocycles. The number of carbonyl (C=O) groups is 1. The van der Waals surface area contributed by atoms with E-state index in [4.69, 9.17) is 14.2 Å². The Bertz CT molecular complexity index is 1160. The summed E-state index contributed by atoms with van der Waals surface area (Å²) < 4.78 is 16.3. The van der Waals surface area contributed by atoms with Gasteiger partial charge in [-0.1, -0.05) is 6.92 Å². The smallest absolute Gasteiger partial charge is 0.339 e. The van der Waals surface area contributed by atoms with Crippen LogP contribution in [0.5, 0.6) is 11.5 Å². The Labute approximate surface area is 181 Å². The number of rotatable bonds is 4. The summed E-state index contributed by atoms with van der Waals surface area (Å²) in [5, 5.41) is 1.82. The van der Waals surface area contributed by atoms with Crippen LogP contribution in [0.4, 0.5) is 5.95 Å². The van der Waals surface area contributed by atoms with Gasteiger partial charge >= 0.3 is 5.97 Å². The highest BCUT2D eigenvalue weighted by molar-refractivity contribution is 6.11. The molecule has 0 radical (unpaired) electrons. The van der Waals surface area contributed by atoms with Crippen LogP contribution in [0.2, 0.25) is 0 Å². The van der Waals surface area contributed by atoms with Gasteiger partial charge in [-0.25, -0.2) is 14.8 Å². The van der Waals surface area contributed by atoms with Crippen molar-refractivity contribution in [3.8, 4) is 22.6 Å². The fourth-order valence-corrected chi connectivity index (χ4v) is 4.63. The predicted molar refractivity (Wildman–Crippen MR) is 118 cm³/mol.